The third-order valence-corrected chi connectivity index (χ3v) is 3.60. The largest absolute Gasteiger partial charge is 0.338 e. The predicted octanol–water partition coefficient (Wildman–Crippen LogP) is 0.0830. The van der Waals surface area contributed by atoms with E-state index < -0.39 is 11.3 Å². The van der Waals surface area contributed by atoms with Crippen LogP contribution in [0.5, 0.6) is 0 Å². The van der Waals surface area contributed by atoms with Crippen LogP contribution in [0.15, 0.2) is 5.16 Å². The molecule has 0 saturated carbocycles. The Morgan fingerprint density at radius 1 is 1.40 bits per heavy atom. The van der Waals surface area contributed by atoms with Gasteiger partial charge in [0, 0.05) is 13.1 Å². The minimum Gasteiger partial charge on any atom is -0.338 e. The summed E-state index contributed by atoms with van der Waals surface area (Å²) in [7, 11) is 0. The fourth-order valence-electron chi connectivity index (χ4n) is 1.50. The van der Waals surface area contributed by atoms with Gasteiger partial charge in [0.05, 0.1) is 11.8 Å². The zero-order valence-electron chi connectivity index (χ0n) is 11.8. The number of nitrogens with two attached hydrogens (primary N) is 1. The van der Waals surface area contributed by atoms with Crippen LogP contribution < -0.4 is 16.4 Å². The molecule has 1 aromatic heterocycles. The number of amides is 3. The third kappa shape index (κ3) is 4.20. The quantitative estimate of drug-likeness (QED) is 0.641. The fourth-order valence-corrected chi connectivity index (χ4v) is 2.44. The molecule has 1 aromatic rings. The highest BCUT2D eigenvalue weighted by atomic mass is 32.2. The zero-order valence-corrected chi connectivity index (χ0v) is 12.7. The second-order valence-corrected chi connectivity index (χ2v) is 5.26. The number of rotatable bonds is 6. The highest BCUT2D eigenvalue weighted by Crippen LogP contribution is 2.22. The first-order valence-corrected chi connectivity index (χ1v) is 7.28. The van der Waals surface area contributed by atoms with E-state index in [9.17, 15) is 9.59 Å². The van der Waals surface area contributed by atoms with Crippen molar-refractivity contribution < 1.29 is 9.59 Å². The summed E-state index contributed by atoms with van der Waals surface area (Å²) in [5, 5.41) is 12.9. The van der Waals surface area contributed by atoms with Crippen molar-refractivity contribution in [1.29, 1.82) is 0 Å². The van der Waals surface area contributed by atoms with Crippen LogP contribution in [0, 0.1) is 0 Å². The van der Waals surface area contributed by atoms with Crippen LogP contribution in [0.2, 0.25) is 0 Å². The smallest absolute Gasteiger partial charge is 0.321 e. The summed E-state index contributed by atoms with van der Waals surface area (Å²) in [6.45, 7) is 6.86. The summed E-state index contributed by atoms with van der Waals surface area (Å²) >= 11 is 1.24. The van der Waals surface area contributed by atoms with Crippen LogP contribution in [0.25, 0.3) is 0 Å². The molecule has 0 aromatic carbocycles. The Balaban J connectivity index is 2.66. The van der Waals surface area contributed by atoms with E-state index in [1.165, 1.54) is 11.8 Å². The van der Waals surface area contributed by atoms with Gasteiger partial charge < -0.3 is 15.6 Å². The van der Waals surface area contributed by atoms with Crippen LogP contribution in [0.3, 0.4) is 0 Å². The van der Waals surface area contributed by atoms with E-state index in [0.29, 0.717) is 30.6 Å². The number of imide groups is 1. The van der Waals surface area contributed by atoms with Gasteiger partial charge in [0.15, 0.2) is 5.16 Å². The van der Waals surface area contributed by atoms with Gasteiger partial charge in [-0.3, -0.25) is 10.1 Å². The van der Waals surface area contributed by atoms with Gasteiger partial charge in [0.1, 0.15) is 5.82 Å². The molecule has 1 atom stereocenters. The van der Waals surface area contributed by atoms with Crippen molar-refractivity contribution in [2.45, 2.75) is 44.3 Å². The number of nitrogens with one attached hydrogen (secondary N) is 2. The maximum Gasteiger partial charge on any atom is 0.321 e. The van der Waals surface area contributed by atoms with Gasteiger partial charge in [0.2, 0.25) is 5.91 Å². The topological polar surface area (TPSA) is 115 Å². The average molecular weight is 300 g/mol. The van der Waals surface area contributed by atoms with E-state index in [0.717, 1.165) is 0 Å². The summed E-state index contributed by atoms with van der Waals surface area (Å²) in [5.74, 6) is 0.298. The molecule has 0 aliphatic carbocycles. The molecule has 0 radical (unpaired) electrons. The molecule has 0 saturated heterocycles. The van der Waals surface area contributed by atoms with Gasteiger partial charge >= 0.3 is 6.03 Å². The van der Waals surface area contributed by atoms with Crippen LogP contribution in [0.4, 0.5) is 4.79 Å². The van der Waals surface area contributed by atoms with Crippen molar-refractivity contribution in [3.8, 4) is 0 Å². The van der Waals surface area contributed by atoms with E-state index in [1.54, 1.807) is 13.8 Å². The van der Waals surface area contributed by atoms with Crippen LogP contribution >= 0.6 is 11.8 Å². The Labute approximate surface area is 121 Å². The minimum absolute atomic E-state index is 0.293. The SMILES string of the molecule is CCNC(=O)NC(=O)C(C)Sc1nnc(CN)n1CC. The normalized spacial score (nSPS) is 12.0. The zero-order chi connectivity index (χ0) is 15.1. The first kappa shape index (κ1) is 16.4. The van der Waals surface area contributed by atoms with Crippen molar-refractivity contribution in [2.75, 3.05) is 6.54 Å². The highest BCUT2D eigenvalue weighted by Gasteiger charge is 2.20. The van der Waals surface area contributed by atoms with Crippen LogP contribution in [-0.4, -0.2) is 38.5 Å². The molecule has 1 heterocycles. The number of aromatic nitrogens is 3. The highest BCUT2D eigenvalue weighted by molar-refractivity contribution is 8.00. The molecule has 0 aliphatic heterocycles. The second kappa shape index (κ2) is 7.85. The number of nitrogens with zero attached hydrogens (tertiary/aromatic N) is 3. The van der Waals surface area contributed by atoms with Gasteiger partial charge in [-0.05, 0) is 20.8 Å². The molecule has 8 nitrogen and oxygen atoms in total. The van der Waals surface area contributed by atoms with Gasteiger partial charge in [-0.25, -0.2) is 4.79 Å². The molecule has 0 spiro atoms. The summed E-state index contributed by atoms with van der Waals surface area (Å²) in [5.41, 5.74) is 5.56. The van der Waals surface area contributed by atoms with Crippen molar-refractivity contribution in [1.82, 2.24) is 25.4 Å². The van der Waals surface area contributed by atoms with Gasteiger partial charge in [0.25, 0.3) is 0 Å². The lowest BCUT2D eigenvalue weighted by molar-refractivity contribution is -0.119. The monoisotopic (exact) mass is 300 g/mol. The maximum absolute atomic E-state index is 11.8. The molecular formula is C11H20N6O2S. The number of carbonyl (C=O) groups is 2. The standard InChI is InChI=1S/C11H20N6O2S/c1-4-13-10(19)14-9(18)7(3)20-11-16-15-8(6-12)17(11)5-2/h7H,4-6,12H2,1-3H3,(H2,13,14,18,19). The molecule has 4 N–H and O–H groups in total. The number of thioether (sulfide) groups is 1. The Bertz CT molecular complexity index is 475. The van der Waals surface area contributed by atoms with Gasteiger partial charge in [-0.1, -0.05) is 11.8 Å². The van der Waals surface area contributed by atoms with Crippen molar-refractivity contribution in [3.05, 3.63) is 5.82 Å². The minimum atomic E-state index is -0.496. The number of hydrogen-bond donors (Lipinski definition) is 3. The Hall–Kier alpha value is -1.61. The van der Waals surface area contributed by atoms with E-state index in [-0.39, 0.29) is 5.91 Å². The molecular weight excluding hydrogens is 280 g/mol. The third-order valence-electron chi connectivity index (χ3n) is 2.52. The first-order valence-electron chi connectivity index (χ1n) is 6.40. The Morgan fingerprint density at radius 2 is 2.10 bits per heavy atom. The molecule has 0 fully saturated rings. The number of hydrogen-bond acceptors (Lipinski definition) is 6. The van der Waals surface area contributed by atoms with Crippen molar-refractivity contribution in [2.24, 2.45) is 5.73 Å². The number of carbonyl (C=O) groups excluding carboxylic acids is 2. The van der Waals surface area contributed by atoms with Crippen LogP contribution in [-0.2, 0) is 17.9 Å². The first-order chi connectivity index (χ1) is 9.53. The number of urea groups is 1. The lowest BCUT2D eigenvalue weighted by Gasteiger charge is -2.12. The Morgan fingerprint density at radius 3 is 2.65 bits per heavy atom. The molecule has 9 heteroatoms. The van der Waals surface area contributed by atoms with Crippen molar-refractivity contribution in [3.63, 3.8) is 0 Å². The van der Waals surface area contributed by atoms with E-state index in [1.807, 2.05) is 11.5 Å². The van der Waals surface area contributed by atoms with E-state index >= 15 is 0 Å². The molecule has 3 amide bonds. The van der Waals surface area contributed by atoms with Crippen LogP contribution in [0.1, 0.15) is 26.6 Å². The molecule has 1 rings (SSSR count). The maximum atomic E-state index is 11.8. The lowest BCUT2D eigenvalue weighted by Crippen LogP contribution is -2.42. The van der Waals surface area contributed by atoms with Gasteiger partial charge in [-0.15, -0.1) is 10.2 Å². The van der Waals surface area contributed by atoms with Crippen molar-refractivity contribution >= 4 is 23.7 Å². The molecule has 1 unspecified atom stereocenters. The molecule has 0 aliphatic rings. The molecule has 0 bridgehead atoms. The summed E-state index contributed by atoms with van der Waals surface area (Å²) in [6.07, 6.45) is 0. The summed E-state index contributed by atoms with van der Waals surface area (Å²) in [4.78, 5) is 23.1. The summed E-state index contributed by atoms with van der Waals surface area (Å²) < 4.78 is 1.85. The summed E-state index contributed by atoms with van der Waals surface area (Å²) in [6, 6.07) is -0.496. The van der Waals surface area contributed by atoms with E-state index in [2.05, 4.69) is 20.8 Å². The van der Waals surface area contributed by atoms with Gasteiger partial charge in [-0.2, -0.15) is 0 Å². The second-order valence-electron chi connectivity index (χ2n) is 3.96. The average Bonchev–Trinajstić information content (AvgIpc) is 2.80. The fraction of sp³-hybridized carbons (Fsp3) is 0.636. The predicted molar refractivity (Wildman–Crippen MR) is 76.1 cm³/mol. The lowest BCUT2D eigenvalue weighted by atomic mass is 10.4. The molecule has 20 heavy (non-hydrogen) atoms. The van der Waals surface area contributed by atoms with E-state index in [4.69, 9.17) is 5.73 Å². The Kier molecular flexibility index (Phi) is 6.46. The molecule has 112 valence electrons.